The van der Waals surface area contributed by atoms with Crippen LogP contribution in [0, 0.1) is 0 Å². The molecule has 0 heterocycles. The van der Waals surface area contributed by atoms with Crippen molar-refractivity contribution in [3.8, 4) is 66.8 Å². The molecule has 0 aliphatic rings. The summed E-state index contributed by atoms with van der Waals surface area (Å²) < 4.78 is 0. The van der Waals surface area contributed by atoms with Crippen LogP contribution in [0.25, 0.3) is 88.3 Å². The second kappa shape index (κ2) is 16.7. The Morgan fingerprint density at radius 2 is 0.651 bits per heavy atom. The first-order valence-electron chi connectivity index (χ1n) is 21.7. The Bertz CT molecular complexity index is 3360. The van der Waals surface area contributed by atoms with Crippen LogP contribution in [0.3, 0.4) is 0 Å². The molecule has 0 amide bonds. The lowest BCUT2D eigenvalue weighted by atomic mass is 9.84. The quantitative estimate of drug-likeness (QED) is 0.131. The van der Waals surface area contributed by atoms with E-state index in [1.807, 2.05) is 0 Å². The summed E-state index contributed by atoms with van der Waals surface area (Å²) in [5.74, 6) is 0. The van der Waals surface area contributed by atoms with Crippen LogP contribution in [-0.2, 0) is 0 Å². The highest BCUT2D eigenvalue weighted by Crippen LogP contribution is 2.47. The lowest BCUT2D eigenvalue weighted by Gasteiger charge is -2.29. The van der Waals surface area contributed by atoms with Crippen LogP contribution in [0.1, 0.15) is 0 Å². The molecule has 0 spiro atoms. The molecule has 0 fully saturated rings. The molecule has 0 radical (unpaired) electrons. The molecule has 0 aromatic heterocycles. The first kappa shape index (κ1) is 37.7. The summed E-state index contributed by atoms with van der Waals surface area (Å²) in [5.41, 5.74) is 17.6. The fourth-order valence-corrected chi connectivity index (χ4v) is 9.36. The third-order valence-electron chi connectivity index (χ3n) is 12.2. The summed E-state index contributed by atoms with van der Waals surface area (Å²) in [6.45, 7) is 0. The van der Waals surface area contributed by atoms with Gasteiger partial charge < -0.3 is 4.90 Å². The van der Waals surface area contributed by atoms with Crippen LogP contribution >= 0.6 is 0 Å². The molecule has 1 heteroatoms. The molecule has 296 valence electrons. The molecule has 63 heavy (non-hydrogen) atoms. The maximum Gasteiger partial charge on any atom is 0.0540 e. The Balaban J connectivity index is 1.14. The van der Waals surface area contributed by atoms with Gasteiger partial charge in [0, 0.05) is 16.9 Å². The van der Waals surface area contributed by atoms with Crippen LogP contribution in [0.4, 0.5) is 17.1 Å². The number of benzene rings is 11. The fraction of sp³-hybridized carbons (Fsp3) is 0. The molecule has 0 aliphatic carbocycles. The van der Waals surface area contributed by atoms with Crippen LogP contribution in [0.15, 0.2) is 261 Å². The van der Waals surface area contributed by atoms with Crippen molar-refractivity contribution in [2.75, 3.05) is 4.90 Å². The van der Waals surface area contributed by atoms with Crippen molar-refractivity contribution >= 4 is 38.6 Å². The molecule has 0 saturated heterocycles. The maximum absolute atomic E-state index is 2.44. The largest absolute Gasteiger partial charge is 0.310 e. The Kier molecular flexibility index (Phi) is 9.97. The van der Waals surface area contributed by atoms with E-state index >= 15 is 0 Å². The number of hydrogen-bond donors (Lipinski definition) is 0. The number of fused-ring (bicyclic) bond motifs is 3. The van der Waals surface area contributed by atoms with Gasteiger partial charge in [0.1, 0.15) is 0 Å². The van der Waals surface area contributed by atoms with Gasteiger partial charge in [0.25, 0.3) is 0 Å². The van der Waals surface area contributed by atoms with Gasteiger partial charge in [-0.05, 0) is 119 Å². The van der Waals surface area contributed by atoms with E-state index in [-0.39, 0.29) is 0 Å². The zero-order valence-electron chi connectivity index (χ0n) is 34.8. The average molecular weight is 802 g/mol. The Labute approximate surface area is 369 Å². The van der Waals surface area contributed by atoms with Crippen molar-refractivity contribution in [3.63, 3.8) is 0 Å². The smallest absolute Gasteiger partial charge is 0.0540 e. The molecule has 0 bridgehead atoms. The normalized spacial score (nSPS) is 11.2. The molecule has 0 N–H and O–H groups in total. The highest BCUT2D eigenvalue weighted by atomic mass is 15.1. The second-order valence-corrected chi connectivity index (χ2v) is 16.0. The van der Waals surface area contributed by atoms with Gasteiger partial charge in [-0.1, -0.05) is 224 Å². The minimum Gasteiger partial charge on any atom is -0.310 e. The lowest BCUT2D eigenvalue weighted by molar-refractivity contribution is 1.28. The number of para-hydroxylation sites is 1. The van der Waals surface area contributed by atoms with E-state index in [0.29, 0.717) is 0 Å². The summed E-state index contributed by atoms with van der Waals surface area (Å²) in [6, 6.07) is 94.7. The molecular weight excluding hydrogens is 759 g/mol. The van der Waals surface area contributed by atoms with Gasteiger partial charge in [-0.15, -0.1) is 0 Å². The Morgan fingerprint density at radius 1 is 0.206 bits per heavy atom. The topological polar surface area (TPSA) is 3.24 Å². The summed E-state index contributed by atoms with van der Waals surface area (Å²) >= 11 is 0. The first-order valence-corrected chi connectivity index (χ1v) is 21.7. The van der Waals surface area contributed by atoms with Crippen LogP contribution in [0.2, 0.25) is 0 Å². The molecule has 1 nitrogen and oxygen atoms in total. The van der Waals surface area contributed by atoms with E-state index in [9.17, 15) is 0 Å². The SMILES string of the molecule is c1ccc(-c2ccc(N(c3cccc(-c4ccc5c(c4)c(-c4ccccc4)c(-c4ccccc4)c4ccccc45)c3)c3ccccc3-c3ccccc3)cc2-c2ccccc2)cc1. The number of rotatable bonds is 9. The van der Waals surface area contributed by atoms with E-state index in [2.05, 4.69) is 266 Å². The van der Waals surface area contributed by atoms with Gasteiger partial charge in [0.15, 0.2) is 0 Å². The monoisotopic (exact) mass is 801 g/mol. The number of nitrogens with zero attached hydrogens (tertiary/aromatic N) is 1. The summed E-state index contributed by atoms with van der Waals surface area (Å²) in [5, 5.41) is 4.99. The average Bonchev–Trinajstić information content (AvgIpc) is 3.37. The van der Waals surface area contributed by atoms with Crippen LogP contribution in [-0.4, -0.2) is 0 Å². The fourth-order valence-electron chi connectivity index (χ4n) is 9.36. The van der Waals surface area contributed by atoms with Crippen molar-refractivity contribution in [2.24, 2.45) is 0 Å². The maximum atomic E-state index is 2.44. The van der Waals surface area contributed by atoms with Crippen molar-refractivity contribution in [3.05, 3.63) is 261 Å². The van der Waals surface area contributed by atoms with E-state index in [1.165, 1.54) is 71.6 Å². The van der Waals surface area contributed by atoms with Crippen molar-refractivity contribution in [1.29, 1.82) is 0 Å². The van der Waals surface area contributed by atoms with Crippen molar-refractivity contribution in [1.82, 2.24) is 0 Å². The molecule has 11 aromatic rings. The standard InChI is InChI=1S/C62H43N/c1-6-21-44(22-7-1)53-40-38-52(43-58(53)46-25-10-3-11-26-46)63(60-36-19-18-33-54(60)45-23-8-2-9-24-45)51-32-20-31-49(41-51)50-37-39-56-55-34-16-17-35-57(55)61(47-27-12-4-13-28-47)62(59(56)42-50)48-29-14-5-15-30-48/h1-43H. The minimum absolute atomic E-state index is 1.08. The minimum atomic E-state index is 1.08. The lowest BCUT2D eigenvalue weighted by Crippen LogP contribution is -2.11. The number of hydrogen-bond acceptors (Lipinski definition) is 1. The van der Waals surface area contributed by atoms with Crippen LogP contribution < -0.4 is 4.90 Å². The Hall–Kier alpha value is -8.26. The van der Waals surface area contributed by atoms with Gasteiger partial charge in [-0.2, -0.15) is 0 Å². The summed E-state index contributed by atoms with van der Waals surface area (Å²) in [6.07, 6.45) is 0. The highest BCUT2D eigenvalue weighted by Gasteiger charge is 2.22. The van der Waals surface area contributed by atoms with E-state index in [1.54, 1.807) is 0 Å². The van der Waals surface area contributed by atoms with E-state index in [0.717, 1.165) is 33.8 Å². The predicted molar refractivity (Wildman–Crippen MR) is 269 cm³/mol. The van der Waals surface area contributed by atoms with E-state index in [4.69, 9.17) is 0 Å². The highest BCUT2D eigenvalue weighted by molar-refractivity contribution is 6.22. The summed E-state index contributed by atoms with van der Waals surface area (Å²) in [4.78, 5) is 2.44. The van der Waals surface area contributed by atoms with Crippen molar-refractivity contribution < 1.29 is 0 Å². The van der Waals surface area contributed by atoms with Gasteiger partial charge >= 0.3 is 0 Å². The molecule has 0 atom stereocenters. The van der Waals surface area contributed by atoms with Gasteiger partial charge in [0.2, 0.25) is 0 Å². The molecule has 0 aliphatic heterocycles. The molecule has 0 unspecified atom stereocenters. The molecule has 11 rings (SSSR count). The third kappa shape index (κ3) is 7.16. The Morgan fingerprint density at radius 3 is 1.29 bits per heavy atom. The van der Waals surface area contributed by atoms with Crippen molar-refractivity contribution in [2.45, 2.75) is 0 Å². The zero-order chi connectivity index (χ0) is 42.0. The first-order chi connectivity index (χ1) is 31.3. The zero-order valence-corrected chi connectivity index (χ0v) is 34.8. The third-order valence-corrected chi connectivity index (χ3v) is 12.2. The van der Waals surface area contributed by atoms with Gasteiger partial charge in [0.05, 0.1) is 5.69 Å². The van der Waals surface area contributed by atoms with E-state index < -0.39 is 0 Å². The summed E-state index contributed by atoms with van der Waals surface area (Å²) in [7, 11) is 0. The van der Waals surface area contributed by atoms with Gasteiger partial charge in [-0.3, -0.25) is 0 Å². The van der Waals surface area contributed by atoms with Crippen LogP contribution in [0.5, 0.6) is 0 Å². The predicted octanol–water partition coefficient (Wildman–Crippen LogP) is 17.5. The number of anilines is 3. The molecule has 0 saturated carbocycles. The van der Waals surface area contributed by atoms with Gasteiger partial charge in [-0.25, -0.2) is 0 Å². The second-order valence-electron chi connectivity index (χ2n) is 16.0. The molecular formula is C62H43N. The molecule has 11 aromatic carbocycles.